The van der Waals surface area contributed by atoms with Gasteiger partial charge in [0.15, 0.2) is 0 Å². The maximum Gasteiger partial charge on any atom is 0.240 e. The molecule has 8 nitrogen and oxygen atoms in total. The molecule has 1 fully saturated rings. The van der Waals surface area contributed by atoms with Gasteiger partial charge >= 0.3 is 0 Å². The highest BCUT2D eigenvalue weighted by atomic mass is 32.2. The van der Waals surface area contributed by atoms with Crippen LogP contribution >= 0.6 is 0 Å². The van der Waals surface area contributed by atoms with Gasteiger partial charge in [0.2, 0.25) is 21.8 Å². The van der Waals surface area contributed by atoms with E-state index in [1.165, 1.54) is 26.9 Å². The average Bonchev–Trinajstić information content (AvgIpc) is 2.85. The summed E-state index contributed by atoms with van der Waals surface area (Å²) in [5.74, 6) is 1.52. The van der Waals surface area contributed by atoms with Gasteiger partial charge in [0.05, 0.1) is 19.3 Å². The smallest absolute Gasteiger partial charge is 0.240 e. The highest BCUT2D eigenvalue weighted by Crippen LogP contribution is 2.31. The van der Waals surface area contributed by atoms with Crippen molar-refractivity contribution in [1.82, 2.24) is 19.8 Å². The van der Waals surface area contributed by atoms with Gasteiger partial charge in [0.25, 0.3) is 0 Å². The van der Waals surface area contributed by atoms with E-state index in [9.17, 15) is 18.0 Å². The third kappa shape index (κ3) is 7.28. The van der Waals surface area contributed by atoms with Crippen LogP contribution in [-0.2, 0) is 19.6 Å². The molecule has 0 saturated carbocycles. The fourth-order valence-corrected chi connectivity index (χ4v) is 5.86. The zero-order valence-electron chi connectivity index (χ0n) is 20.4. The van der Waals surface area contributed by atoms with E-state index in [-0.39, 0.29) is 50.0 Å². The predicted octanol–water partition coefficient (Wildman–Crippen LogP) is 1.88. The number of sulfonamides is 1. The van der Waals surface area contributed by atoms with E-state index < -0.39 is 10.0 Å². The van der Waals surface area contributed by atoms with Crippen molar-refractivity contribution in [3.63, 3.8) is 0 Å². The first-order chi connectivity index (χ1) is 16.7. The van der Waals surface area contributed by atoms with E-state index in [2.05, 4.69) is 64.8 Å². The summed E-state index contributed by atoms with van der Waals surface area (Å²) in [7, 11) is -3.49. The van der Waals surface area contributed by atoms with Gasteiger partial charge in [-0.3, -0.25) is 14.5 Å². The van der Waals surface area contributed by atoms with Gasteiger partial charge in [-0.25, -0.2) is 8.42 Å². The number of carbonyl (C=O) groups is 2. The zero-order chi connectivity index (χ0) is 25.4. The lowest BCUT2D eigenvalue weighted by atomic mass is 9.96. The van der Waals surface area contributed by atoms with Crippen molar-refractivity contribution in [3.8, 4) is 12.3 Å². The fourth-order valence-electron chi connectivity index (χ4n) is 4.68. The van der Waals surface area contributed by atoms with Gasteiger partial charge in [-0.15, -0.1) is 6.42 Å². The van der Waals surface area contributed by atoms with Crippen molar-refractivity contribution in [2.24, 2.45) is 0 Å². The fraction of sp³-hybridized carbons (Fsp3) is 0.462. The first-order valence-electron chi connectivity index (χ1n) is 11.9. The second kappa shape index (κ2) is 12.2. The summed E-state index contributed by atoms with van der Waals surface area (Å²) < 4.78 is 26.5. The van der Waals surface area contributed by atoms with E-state index >= 15 is 0 Å². The lowest BCUT2D eigenvalue weighted by molar-refractivity contribution is -0.126. The van der Waals surface area contributed by atoms with Crippen LogP contribution in [0.1, 0.15) is 37.8 Å². The van der Waals surface area contributed by atoms with Crippen LogP contribution in [0.4, 0.5) is 0 Å². The molecule has 2 amide bonds. The minimum atomic E-state index is -3.49. The van der Waals surface area contributed by atoms with Crippen LogP contribution in [0.5, 0.6) is 0 Å². The number of nitrogens with zero attached hydrogens (tertiary/aromatic N) is 2. The zero-order valence-corrected chi connectivity index (χ0v) is 21.2. The number of hydrogen-bond donors (Lipinski definition) is 2. The van der Waals surface area contributed by atoms with Gasteiger partial charge in [-0.2, -0.15) is 4.31 Å². The number of amides is 2. The summed E-state index contributed by atoms with van der Waals surface area (Å²) in [6, 6.07) is 14.7. The Labute approximate surface area is 208 Å². The molecule has 1 heterocycles. The monoisotopic (exact) mass is 498 g/mol. The predicted molar refractivity (Wildman–Crippen MR) is 138 cm³/mol. The van der Waals surface area contributed by atoms with E-state index in [1.54, 1.807) is 0 Å². The number of terminal acetylenes is 1. The van der Waals surface area contributed by atoms with Crippen molar-refractivity contribution in [2.75, 3.05) is 39.0 Å². The van der Waals surface area contributed by atoms with Crippen molar-refractivity contribution in [3.05, 3.63) is 48.0 Å². The summed E-state index contributed by atoms with van der Waals surface area (Å²) in [5.41, 5.74) is 1.27. The number of benzene rings is 2. The molecule has 0 radical (unpaired) electrons. The standard InChI is InChI=1S/C26H34N4O4S/c1-4-15-27-26(32)19-28-25(31)14-18-30(35(3,33)34)22-12-16-29(17-13-22)20(2)23-11-7-9-21-8-5-6-10-24(21)23/h1,5-11,20,22H,12-19H2,2-3H3,(H,27,32)(H,28,31)/t20-/m1/s1. The molecule has 188 valence electrons. The summed E-state index contributed by atoms with van der Waals surface area (Å²) >= 11 is 0. The molecule has 0 aliphatic carbocycles. The Morgan fingerprint density at radius 3 is 2.49 bits per heavy atom. The Kier molecular flexibility index (Phi) is 9.26. The molecule has 2 aromatic rings. The van der Waals surface area contributed by atoms with Crippen LogP contribution in [0.15, 0.2) is 42.5 Å². The number of fused-ring (bicyclic) bond motifs is 1. The van der Waals surface area contributed by atoms with Crippen LogP contribution in [0.25, 0.3) is 10.8 Å². The molecule has 0 bridgehead atoms. The van der Waals surface area contributed by atoms with Crippen molar-refractivity contribution >= 4 is 32.6 Å². The quantitative estimate of drug-likeness (QED) is 0.488. The first-order valence-corrected chi connectivity index (χ1v) is 13.7. The largest absolute Gasteiger partial charge is 0.347 e. The molecular weight excluding hydrogens is 464 g/mol. The number of likely N-dealkylation sites (tertiary alicyclic amines) is 1. The summed E-state index contributed by atoms with van der Waals surface area (Å²) in [5, 5.41) is 7.42. The van der Waals surface area contributed by atoms with E-state index in [0.717, 1.165) is 13.1 Å². The summed E-state index contributed by atoms with van der Waals surface area (Å²) in [4.78, 5) is 26.1. The molecule has 1 aliphatic heterocycles. The number of carbonyl (C=O) groups excluding carboxylic acids is 2. The Bertz CT molecular complexity index is 1180. The molecule has 9 heteroatoms. The average molecular weight is 499 g/mol. The molecule has 2 N–H and O–H groups in total. The maximum absolute atomic E-state index is 12.5. The number of hydrogen-bond acceptors (Lipinski definition) is 5. The highest BCUT2D eigenvalue weighted by molar-refractivity contribution is 7.88. The van der Waals surface area contributed by atoms with Gasteiger partial charge in [-0.05, 0) is 36.1 Å². The summed E-state index contributed by atoms with van der Waals surface area (Å²) in [6.07, 6.45) is 7.64. The third-order valence-corrected chi connectivity index (χ3v) is 7.88. The van der Waals surface area contributed by atoms with Crippen LogP contribution in [0.2, 0.25) is 0 Å². The second-order valence-corrected chi connectivity index (χ2v) is 10.8. The number of piperidine rings is 1. The molecular formula is C26H34N4O4S. The minimum Gasteiger partial charge on any atom is -0.347 e. The van der Waals surface area contributed by atoms with Crippen LogP contribution in [0, 0.1) is 12.3 Å². The lowest BCUT2D eigenvalue weighted by Crippen LogP contribution is -2.48. The molecule has 1 atom stereocenters. The molecule has 0 unspecified atom stereocenters. The molecule has 2 aromatic carbocycles. The number of nitrogens with one attached hydrogen (secondary N) is 2. The second-order valence-electron chi connectivity index (χ2n) is 8.89. The van der Waals surface area contributed by atoms with Crippen molar-refractivity contribution < 1.29 is 18.0 Å². The van der Waals surface area contributed by atoms with Crippen LogP contribution < -0.4 is 10.6 Å². The molecule has 0 aromatic heterocycles. The minimum absolute atomic E-state index is 0.0118. The summed E-state index contributed by atoms with van der Waals surface area (Å²) in [6.45, 7) is 3.71. The Balaban J connectivity index is 1.56. The topological polar surface area (TPSA) is 98.8 Å². The van der Waals surface area contributed by atoms with E-state index in [0.29, 0.717) is 12.8 Å². The molecule has 35 heavy (non-hydrogen) atoms. The Morgan fingerprint density at radius 2 is 1.80 bits per heavy atom. The van der Waals surface area contributed by atoms with Crippen molar-refractivity contribution in [1.29, 1.82) is 0 Å². The van der Waals surface area contributed by atoms with Gasteiger partial charge in [0, 0.05) is 38.1 Å². The normalized spacial score (nSPS) is 16.1. The van der Waals surface area contributed by atoms with Gasteiger partial charge < -0.3 is 10.6 Å². The molecule has 3 rings (SSSR count). The van der Waals surface area contributed by atoms with Gasteiger partial charge in [-0.1, -0.05) is 48.4 Å². The van der Waals surface area contributed by atoms with Crippen molar-refractivity contribution in [2.45, 2.75) is 38.3 Å². The molecule has 1 aliphatic rings. The highest BCUT2D eigenvalue weighted by Gasteiger charge is 2.32. The van der Waals surface area contributed by atoms with Crippen LogP contribution in [-0.4, -0.2) is 74.5 Å². The molecule has 0 spiro atoms. The maximum atomic E-state index is 12.5. The van der Waals surface area contributed by atoms with E-state index in [4.69, 9.17) is 6.42 Å². The SMILES string of the molecule is C#CCNC(=O)CNC(=O)CCN(C1CCN([C@H](C)c2cccc3ccccc23)CC1)S(C)(=O)=O. The number of rotatable bonds is 10. The van der Waals surface area contributed by atoms with E-state index in [1.807, 2.05) is 6.07 Å². The Morgan fingerprint density at radius 1 is 1.11 bits per heavy atom. The lowest BCUT2D eigenvalue weighted by Gasteiger charge is -2.40. The first kappa shape index (κ1) is 26.7. The van der Waals surface area contributed by atoms with Crippen LogP contribution in [0.3, 0.4) is 0 Å². The third-order valence-electron chi connectivity index (χ3n) is 6.55. The molecule has 1 saturated heterocycles. The Hall–Kier alpha value is -2.93. The van der Waals surface area contributed by atoms with Gasteiger partial charge in [0.1, 0.15) is 0 Å².